The van der Waals surface area contributed by atoms with Gasteiger partial charge in [0.1, 0.15) is 0 Å². The first-order chi connectivity index (χ1) is 9.77. The molecular weight excluding hydrogens is 282 g/mol. The summed E-state index contributed by atoms with van der Waals surface area (Å²) in [4.78, 5) is 0. The Morgan fingerprint density at radius 3 is 2.48 bits per heavy atom. The Balaban J connectivity index is 2.38. The molecule has 1 aromatic carbocycles. The zero-order chi connectivity index (χ0) is 15.7. The Kier molecular flexibility index (Phi) is 4.79. The first kappa shape index (κ1) is 16.5. The Bertz CT molecular complexity index is 589. The van der Waals surface area contributed by atoms with Crippen molar-refractivity contribution in [1.82, 2.24) is 5.32 Å². The van der Waals surface area contributed by atoms with Crippen molar-refractivity contribution in [2.45, 2.75) is 56.7 Å². The highest BCUT2D eigenvalue weighted by Gasteiger charge is 2.39. The van der Waals surface area contributed by atoms with Gasteiger partial charge in [-0.25, -0.2) is 8.42 Å². The minimum atomic E-state index is -3.16. The summed E-state index contributed by atoms with van der Waals surface area (Å²) in [6.07, 6.45) is 5.14. The van der Waals surface area contributed by atoms with Crippen LogP contribution in [0.2, 0.25) is 0 Å². The fourth-order valence-electron chi connectivity index (χ4n) is 2.92. The topological polar surface area (TPSA) is 46.2 Å². The zero-order valence-corrected chi connectivity index (χ0v) is 14.3. The third kappa shape index (κ3) is 3.32. The highest BCUT2D eigenvalue weighted by atomic mass is 32.2. The zero-order valence-electron chi connectivity index (χ0n) is 13.5. The van der Waals surface area contributed by atoms with E-state index in [1.54, 1.807) is 0 Å². The maximum atomic E-state index is 12.2. The molecule has 0 saturated heterocycles. The van der Waals surface area contributed by atoms with Crippen LogP contribution in [0.5, 0.6) is 0 Å². The third-order valence-electron chi connectivity index (χ3n) is 4.88. The molecule has 0 spiro atoms. The van der Waals surface area contributed by atoms with Crippen molar-refractivity contribution in [3.05, 3.63) is 35.4 Å². The molecule has 118 valence electrons. The van der Waals surface area contributed by atoms with Crippen LogP contribution in [-0.2, 0) is 9.84 Å². The monoisotopic (exact) mass is 309 g/mol. The lowest BCUT2D eigenvalue weighted by Gasteiger charge is -2.34. The molecule has 0 bridgehead atoms. The molecule has 0 heterocycles. The fraction of sp³-hybridized carbons (Fsp3) is 0.647. The Morgan fingerprint density at radius 2 is 2.00 bits per heavy atom. The van der Waals surface area contributed by atoms with Gasteiger partial charge in [-0.15, -0.1) is 0 Å². The third-order valence-corrected chi connectivity index (χ3v) is 7.03. The van der Waals surface area contributed by atoms with Crippen molar-refractivity contribution in [3.8, 4) is 0 Å². The molecule has 4 heteroatoms. The quantitative estimate of drug-likeness (QED) is 0.875. The van der Waals surface area contributed by atoms with E-state index < -0.39 is 14.6 Å². The van der Waals surface area contributed by atoms with Crippen LogP contribution in [-0.4, -0.2) is 26.0 Å². The largest absolute Gasteiger partial charge is 0.309 e. The van der Waals surface area contributed by atoms with E-state index in [1.807, 2.05) is 26.8 Å². The summed E-state index contributed by atoms with van der Waals surface area (Å²) in [5.74, 6) is 0.661. The van der Waals surface area contributed by atoms with Crippen LogP contribution in [0.3, 0.4) is 0 Å². The van der Waals surface area contributed by atoms with Crippen LogP contribution >= 0.6 is 0 Å². The number of rotatable bonds is 6. The molecule has 1 aliphatic carbocycles. The second-order valence-electron chi connectivity index (χ2n) is 6.66. The van der Waals surface area contributed by atoms with Crippen LogP contribution in [0, 0.1) is 0 Å². The molecule has 3 nitrogen and oxygen atoms in total. The van der Waals surface area contributed by atoms with Crippen molar-refractivity contribution in [2.75, 3.05) is 12.8 Å². The van der Waals surface area contributed by atoms with Gasteiger partial charge in [-0.1, -0.05) is 37.6 Å². The minimum Gasteiger partial charge on any atom is -0.309 e. The van der Waals surface area contributed by atoms with Gasteiger partial charge in [0.15, 0.2) is 9.84 Å². The maximum absolute atomic E-state index is 12.2. The SMILES string of the molecule is CCNC(c1cccc(C2CCC2)c1)C(C)(C)S(C)(=O)=O. The molecule has 1 aromatic rings. The van der Waals surface area contributed by atoms with Crippen LogP contribution in [0.25, 0.3) is 0 Å². The highest BCUT2D eigenvalue weighted by molar-refractivity contribution is 7.92. The van der Waals surface area contributed by atoms with Gasteiger partial charge < -0.3 is 5.32 Å². The van der Waals surface area contributed by atoms with Crippen molar-refractivity contribution in [3.63, 3.8) is 0 Å². The van der Waals surface area contributed by atoms with Crippen molar-refractivity contribution < 1.29 is 8.42 Å². The average molecular weight is 309 g/mol. The molecule has 1 unspecified atom stereocenters. The van der Waals surface area contributed by atoms with Gasteiger partial charge in [-0.3, -0.25) is 0 Å². The second kappa shape index (κ2) is 6.09. The van der Waals surface area contributed by atoms with Crippen molar-refractivity contribution in [2.24, 2.45) is 0 Å². The molecule has 2 rings (SSSR count). The van der Waals surface area contributed by atoms with Gasteiger partial charge in [-0.05, 0) is 50.3 Å². The fourth-order valence-corrected chi connectivity index (χ4v) is 3.56. The number of nitrogens with one attached hydrogen (secondary N) is 1. The Labute approximate surface area is 129 Å². The van der Waals surface area contributed by atoms with Crippen molar-refractivity contribution >= 4 is 9.84 Å². The van der Waals surface area contributed by atoms with E-state index in [0.29, 0.717) is 5.92 Å². The van der Waals surface area contributed by atoms with Gasteiger partial charge in [0.05, 0.1) is 10.8 Å². The smallest absolute Gasteiger partial charge is 0.154 e. The lowest BCUT2D eigenvalue weighted by molar-refractivity contribution is 0.413. The molecule has 1 atom stereocenters. The molecule has 21 heavy (non-hydrogen) atoms. The van der Waals surface area contributed by atoms with Gasteiger partial charge in [-0.2, -0.15) is 0 Å². The first-order valence-electron chi connectivity index (χ1n) is 7.80. The second-order valence-corrected chi connectivity index (χ2v) is 9.26. The number of benzene rings is 1. The summed E-state index contributed by atoms with van der Waals surface area (Å²) in [5.41, 5.74) is 2.43. The molecule has 0 radical (unpaired) electrons. The number of hydrogen-bond acceptors (Lipinski definition) is 3. The first-order valence-corrected chi connectivity index (χ1v) is 9.69. The van der Waals surface area contributed by atoms with Gasteiger partial charge in [0.25, 0.3) is 0 Å². The highest BCUT2D eigenvalue weighted by Crippen LogP contribution is 2.39. The molecular formula is C17H27NO2S. The van der Waals surface area contributed by atoms with E-state index in [1.165, 1.54) is 31.1 Å². The van der Waals surface area contributed by atoms with Gasteiger partial charge in [0, 0.05) is 6.26 Å². The van der Waals surface area contributed by atoms with E-state index >= 15 is 0 Å². The number of sulfone groups is 1. The van der Waals surface area contributed by atoms with Gasteiger partial charge in [0.2, 0.25) is 0 Å². The van der Waals surface area contributed by atoms with E-state index in [4.69, 9.17) is 0 Å². The predicted octanol–water partition coefficient (Wildman–Crippen LogP) is 3.43. The normalized spacial score (nSPS) is 18.3. The minimum absolute atomic E-state index is 0.183. The summed E-state index contributed by atoms with van der Waals surface area (Å²) in [6.45, 7) is 6.38. The van der Waals surface area contributed by atoms with E-state index in [9.17, 15) is 8.42 Å². The number of hydrogen-bond donors (Lipinski definition) is 1. The van der Waals surface area contributed by atoms with Crippen LogP contribution in [0.1, 0.15) is 63.1 Å². The summed E-state index contributed by atoms with van der Waals surface area (Å²) in [7, 11) is -3.16. The van der Waals surface area contributed by atoms with Gasteiger partial charge >= 0.3 is 0 Å². The van der Waals surface area contributed by atoms with Crippen LogP contribution in [0.4, 0.5) is 0 Å². The standard InChI is InChI=1S/C17H27NO2S/c1-5-18-16(17(2,3)21(4,19)20)15-11-7-10-14(12-15)13-8-6-9-13/h7,10-13,16,18H,5-6,8-9H2,1-4H3. The molecule has 0 aliphatic heterocycles. The Hall–Kier alpha value is -0.870. The summed E-state index contributed by atoms with van der Waals surface area (Å²) in [6, 6.07) is 8.29. The Morgan fingerprint density at radius 1 is 1.33 bits per heavy atom. The lowest BCUT2D eigenvalue weighted by atomic mass is 9.79. The molecule has 1 aliphatic rings. The van der Waals surface area contributed by atoms with Crippen LogP contribution < -0.4 is 5.32 Å². The van der Waals surface area contributed by atoms with E-state index in [-0.39, 0.29) is 6.04 Å². The molecule has 0 aromatic heterocycles. The maximum Gasteiger partial charge on any atom is 0.154 e. The van der Waals surface area contributed by atoms with E-state index in [2.05, 4.69) is 23.5 Å². The van der Waals surface area contributed by atoms with Crippen LogP contribution in [0.15, 0.2) is 24.3 Å². The van der Waals surface area contributed by atoms with Crippen molar-refractivity contribution in [1.29, 1.82) is 0 Å². The summed E-state index contributed by atoms with van der Waals surface area (Å²) in [5, 5.41) is 3.37. The molecule has 1 fully saturated rings. The predicted molar refractivity (Wildman–Crippen MR) is 88.4 cm³/mol. The average Bonchev–Trinajstić information content (AvgIpc) is 2.32. The molecule has 1 N–H and O–H groups in total. The molecule has 0 amide bonds. The molecule has 1 saturated carbocycles. The van der Waals surface area contributed by atoms with E-state index in [0.717, 1.165) is 12.1 Å². The summed E-state index contributed by atoms with van der Waals surface area (Å²) >= 11 is 0. The lowest BCUT2D eigenvalue weighted by Crippen LogP contribution is -2.45. The summed E-state index contributed by atoms with van der Waals surface area (Å²) < 4.78 is 23.5.